The molecule has 3 aromatic rings. The van der Waals surface area contributed by atoms with Gasteiger partial charge in [0.2, 0.25) is 6.79 Å². The van der Waals surface area contributed by atoms with Crippen LogP contribution in [0.5, 0.6) is 11.5 Å². The van der Waals surface area contributed by atoms with Crippen LogP contribution in [0.1, 0.15) is 28.9 Å². The number of H-pyrrole nitrogens is 1. The largest absolute Gasteiger partial charge is 0.454 e. The first-order valence-electron chi connectivity index (χ1n) is 8.44. The van der Waals surface area contributed by atoms with E-state index in [-0.39, 0.29) is 18.3 Å². The number of fused-ring (bicyclic) bond motifs is 4. The second kappa shape index (κ2) is 5.82. The van der Waals surface area contributed by atoms with E-state index in [1.807, 2.05) is 4.90 Å². The molecule has 0 saturated carbocycles. The minimum absolute atomic E-state index is 0.0703. The molecule has 1 amide bonds. The highest BCUT2D eigenvalue weighted by Gasteiger charge is 2.25. The van der Waals surface area contributed by atoms with Gasteiger partial charge in [-0.1, -0.05) is 11.3 Å². The van der Waals surface area contributed by atoms with Gasteiger partial charge in [-0.15, -0.1) is 0 Å². The SMILES string of the molecule is O=C(c1sc(=S)n2c1[nH]c(=O)c1cc3c(cc12)OCO3)N1CCCCC1. The number of aromatic amines is 1. The summed E-state index contributed by atoms with van der Waals surface area (Å²) >= 11 is 6.74. The Bertz CT molecular complexity index is 1170. The molecule has 0 spiro atoms. The van der Waals surface area contributed by atoms with Crippen LogP contribution < -0.4 is 15.0 Å². The molecule has 2 aromatic heterocycles. The van der Waals surface area contributed by atoms with Crippen LogP contribution in [0.25, 0.3) is 16.6 Å². The number of likely N-dealkylation sites (tertiary alicyclic amines) is 1. The second-order valence-electron chi connectivity index (χ2n) is 6.41. The summed E-state index contributed by atoms with van der Waals surface area (Å²) in [6.07, 6.45) is 3.16. The third-order valence-electron chi connectivity index (χ3n) is 4.86. The molecule has 0 bridgehead atoms. The number of ether oxygens (including phenoxy) is 2. The van der Waals surface area contributed by atoms with Crippen molar-refractivity contribution in [1.82, 2.24) is 14.3 Å². The zero-order valence-corrected chi connectivity index (χ0v) is 15.4. The summed E-state index contributed by atoms with van der Waals surface area (Å²) in [5, 5.41) is 0.452. The topological polar surface area (TPSA) is 76.0 Å². The van der Waals surface area contributed by atoms with Crippen molar-refractivity contribution in [3.05, 3.63) is 31.3 Å². The van der Waals surface area contributed by atoms with E-state index in [9.17, 15) is 9.59 Å². The van der Waals surface area contributed by atoms with Crippen LogP contribution in [0.2, 0.25) is 0 Å². The number of carbonyl (C=O) groups excluding carboxylic acids is 1. The lowest BCUT2D eigenvalue weighted by Crippen LogP contribution is -2.35. The van der Waals surface area contributed by atoms with Crippen LogP contribution in [0.3, 0.4) is 0 Å². The van der Waals surface area contributed by atoms with E-state index in [2.05, 4.69) is 4.98 Å². The molecule has 134 valence electrons. The summed E-state index contributed by atoms with van der Waals surface area (Å²) in [6, 6.07) is 3.40. The standard InChI is InChI=1S/C17H15N3O4S2/c21-15-9-6-11-12(24-8-23-11)7-10(9)20-14(18-15)13(26-17(20)25)16(22)19-4-2-1-3-5-19/h6-7H,1-5,8H2,(H,18,21). The molecule has 7 nitrogen and oxygen atoms in total. The van der Waals surface area contributed by atoms with Gasteiger partial charge in [0.25, 0.3) is 11.5 Å². The van der Waals surface area contributed by atoms with Crippen LogP contribution in [-0.4, -0.2) is 40.1 Å². The fraction of sp³-hybridized carbons (Fsp3) is 0.353. The molecule has 2 aliphatic rings. The number of hydrogen-bond acceptors (Lipinski definition) is 6. The van der Waals surface area contributed by atoms with E-state index in [1.165, 1.54) is 11.3 Å². The van der Waals surface area contributed by atoms with Crippen LogP contribution in [0, 0.1) is 3.95 Å². The Morgan fingerprint density at radius 3 is 2.65 bits per heavy atom. The van der Waals surface area contributed by atoms with Crippen LogP contribution >= 0.6 is 23.6 Å². The van der Waals surface area contributed by atoms with E-state index in [1.54, 1.807) is 16.5 Å². The highest BCUT2D eigenvalue weighted by atomic mass is 32.1. The predicted molar refractivity (Wildman–Crippen MR) is 100 cm³/mol. The number of amides is 1. The number of carbonyl (C=O) groups is 1. The molecule has 4 heterocycles. The van der Waals surface area contributed by atoms with E-state index in [4.69, 9.17) is 21.7 Å². The monoisotopic (exact) mass is 389 g/mol. The molecule has 0 unspecified atom stereocenters. The predicted octanol–water partition coefficient (Wildman–Crippen LogP) is 2.93. The number of nitrogens with one attached hydrogen (secondary N) is 1. The van der Waals surface area contributed by atoms with E-state index < -0.39 is 0 Å². The Balaban J connectivity index is 1.76. The van der Waals surface area contributed by atoms with Crippen molar-refractivity contribution >= 4 is 46.0 Å². The average molecular weight is 389 g/mol. The fourth-order valence-corrected chi connectivity index (χ4v) is 4.91. The number of rotatable bonds is 1. The summed E-state index contributed by atoms with van der Waals surface area (Å²) in [4.78, 5) is 30.8. The van der Waals surface area contributed by atoms with Crippen molar-refractivity contribution in [3.8, 4) is 11.5 Å². The summed E-state index contributed by atoms with van der Waals surface area (Å²) in [6.45, 7) is 1.61. The number of hydrogen-bond donors (Lipinski definition) is 1. The van der Waals surface area contributed by atoms with E-state index >= 15 is 0 Å². The maximum atomic E-state index is 13.0. The van der Waals surface area contributed by atoms with Gasteiger partial charge in [0.15, 0.2) is 15.5 Å². The molecule has 1 saturated heterocycles. The Kier molecular flexibility index (Phi) is 3.54. The van der Waals surface area contributed by atoms with Crippen molar-refractivity contribution in [2.75, 3.05) is 19.9 Å². The van der Waals surface area contributed by atoms with Gasteiger partial charge in [-0.2, -0.15) is 0 Å². The van der Waals surface area contributed by atoms with Crippen molar-refractivity contribution < 1.29 is 14.3 Å². The number of piperidine rings is 1. The number of nitrogens with zero attached hydrogens (tertiary/aromatic N) is 2. The van der Waals surface area contributed by atoms with Crippen LogP contribution in [0.15, 0.2) is 16.9 Å². The lowest BCUT2D eigenvalue weighted by atomic mass is 10.1. The molecule has 0 atom stereocenters. The third-order valence-corrected chi connectivity index (χ3v) is 6.22. The number of aromatic nitrogens is 2. The first kappa shape index (κ1) is 15.8. The quantitative estimate of drug-likeness (QED) is 0.648. The summed E-state index contributed by atoms with van der Waals surface area (Å²) in [7, 11) is 0. The first-order valence-corrected chi connectivity index (χ1v) is 9.66. The lowest BCUT2D eigenvalue weighted by molar-refractivity contribution is 0.0730. The molecule has 0 aliphatic carbocycles. The lowest BCUT2D eigenvalue weighted by Gasteiger charge is -2.26. The maximum absolute atomic E-state index is 13.0. The minimum Gasteiger partial charge on any atom is -0.454 e. The van der Waals surface area contributed by atoms with Crippen LogP contribution in [-0.2, 0) is 0 Å². The van der Waals surface area contributed by atoms with Crippen molar-refractivity contribution in [2.24, 2.45) is 0 Å². The molecule has 2 aliphatic heterocycles. The summed E-state index contributed by atoms with van der Waals surface area (Å²) in [5.74, 6) is 1.04. The maximum Gasteiger partial charge on any atom is 0.267 e. The third kappa shape index (κ3) is 2.27. The molecule has 0 radical (unpaired) electrons. The molecule has 1 fully saturated rings. The highest BCUT2D eigenvalue weighted by molar-refractivity contribution is 7.73. The van der Waals surface area contributed by atoms with Gasteiger partial charge in [-0.05, 0) is 37.5 Å². The van der Waals surface area contributed by atoms with Gasteiger partial charge >= 0.3 is 0 Å². The summed E-state index contributed by atoms with van der Waals surface area (Å²) < 4.78 is 13.0. The summed E-state index contributed by atoms with van der Waals surface area (Å²) in [5.41, 5.74) is 0.790. The smallest absolute Gasteiger partial charge is 0.267 e. The number of thiazole rings is 1. The normalized spacial score (nSPS) is 16.5. The molecule has 26 heavy (non-hydrogen) atoms. The van der Waals surface area contributed by atoms with Gasteiger partial charge < -0.3 is 19.4 Å². The molecule has 1 N–H and O–H groups in total. The fourth-order valence-electron chi connectivity index (χ4n) is 3.56. The molecule has 5 rings (SSSR count). The number of benzene rings is 1. The van der Waals surface area contributed by atoms with Gasteiger partial charge in [-0.3, -0.25) is 14.0 Å². The highest BCUT2D eigenvalue weighted by Crippen LogP contribution is 2.36. The Morgan fingerprint density at radius 1 is 1.15 bits per heavy atom. The van der Waals surface area contributed by atoms with E-state index in [0.29, 0.717) is 36.9 Å². The van der Waals surface area contributed by atoms with E-state index in [0.717, 1.165) is 32.4 Å². The molecule has 1 aromatic carbocycles. The minimum atomic E-state index is -0.279. The van der Waals surface area contributed by atoms with Gasteiger partial charge in [-0.25, -0.2) is 0 Å². The zero-order valence-electron chi connectivity index (χ0n) is 13.7. The molecular weight excluding hydrogens is 374 g/mol. The van der Waals surface area contributed by atoms with Crippen LogP contribution in [0.4, 0.5) is 0 Å². The van der Waals surface area contributed by atoms with Gasteiger partial charge in [0.05, 0.1) is 10.9 Å². The van der Waals surface area contributed by atoms with Gasteiger partial charge in [0.1, 0.15) is 10.5 Å². The Hall–Kier alpha value is -2.39. The van der Waals surface area contributed by atoms with Gasteiger partial charge in [0, 0.05) is 19.2 Å². The van der Waals surface area contributed by atoms with Crippen molar-refractivity contribution in [2.45, 2.75) is 19.3 Å². The molecular formula is C17H15N3O4S2. The molecule has 9 heteroatoms. The zero-order chi connectivity index (χ0) is 17.8. The Morgan fingerprint density at radius 2 is 1.88 bits per heavy atom. The first-order chi connectivity index (χ1) is 12.6. The van der Waals surface area contributed by atoms with Crippen molar-refractivity contribution in [3.63, 3.8) is 0 Å². The van der Waals surface area contributed by atoms with Crippen molar-refractivity contribution in [1.29, 1.82) is 0 Å². The average Bonchev–Trinajstić information content (AvgIpc) is 3.24. The second-order valence-corrected chi connectivity index (χ2v) is 8.05. The Labute approximate surface area is 156 Å².